The van der Waals surface area contributed by atoms with Gasteiger partial charge in [0.1, 0.15) is 11.2 Å². The number of aromatic nitrogens is 6. The van der Waals surface area contributed by atoms with Crippen molar-refractivity contribution in [3.63, 3.8) is 0 Å². The second-order valence-corrected chi connectivity index (χ2v) is 11.4. The highest BCUT2D eigenvalue weighted by molar-refractivity contribution is 7.90. The normalized spacial score (nSPS) is 11.7. The number of rotatable bonds is 5. The number of sulfone groups is 1. The third-order valence-electron chi connectivity index (χ3n) is 6.25. The van der Waals surface area contributed by atoms with Gasteiger partial charge in [0, 0.05) is 34.8 Å². The lowest BCUT2D eigenvalue weighted by atomic mass is 10.1. The van der Waals surface area contributed by atoms with E-state index in [2.05, 4.69) is 15.1 Å². The quantitative estimate of drug-likeness (QED) is 0.323. The number of nitrogens with two attached hydrogens (primary N) is 1. The van der Waals surface area contributed by atoms with Gasteiger partial charge in [-0.05, 0) is 42.0 Å². The van der Waals surface area contributed by atoms with E-state index in [0.717, 1.165) is 17.4 Å². The Morgan fingerprint density at radius 3 is 2.05 bits per heavy atom. The predicted octanol–water partition coefficient (Wildman–Crippen LogP) is 4.33. The third kappa shape index (κ3) is 4.51. The van der Waals surface area contributed by atoms with E-state index >= 15 is 0 Å². The summed E-state index contributed by atoms with van der Waals surface area (Å²) in [7, 11) is -3.89. The van der Waals surface area contributed by atoms with Crippen LogP contribution in [0.2, 0.25) is 5.02 Å². The molecule has 0 aliphatic rings. The molecule has 3 aromatic heterocycles. The third-order valence-corrected chi connectivity index (χ3v) is 7.49. The average molecular weight is 570 g/mol. The lowest BCUT2D eigenvalue weighted by molar-refractivity contribution is 0.597. The number of hydrogen-bond acceptors (Lipinski definition) is 8. The fourth-order valence-corrected chi connectivity index (χ4v) is 5.27. The summed E-state index contributed by atoms with van der Waals surface area (Å²) in [6, 6.07) is 22.9. The Bertz CT molecular complexity index is 2040. The summed E-state index contributed by atoms with van der Waals surface area (Å²) in [5.41, 5.74) is 8.37. The SMILES string of the molecule is CS(=O)(=O)c1nn(-c2ccccc2)c2nc(-c3ccc(-c4cnc(N)nc4)cc3)n(-c3ccc(Cl)cc3)c(=O)c12. The molecule has 3 heterocycles. The first-order chi connectivity index (χ1) is 19.2. The number of halogens is 1. The van der Waals surface area contributed by atoms with E-state index in [4.69, 9.17) is 22.3 Å². The monoisotopic (exact) mass is 569 g/mol. The summed E-state index contributed by atoms with van der Waals surface area (Å²) >= 11 is 6.12. The molecule has 6 rings (SSSR count). The van der Waals surface area contributed by atoms with Crippen LogP contribution in [0.5, 0.6) is 0 Å². The van der Waals surface area contributed by atoms with Crippen molar-refractivity contribution in [2.24, 2.45) is 0 Å². The van der Waals surface area contributed by atoms with Crippen LogP contribution >= 0.6 is 11.6 Å². The molecular weight excluding hydrogens is 550 g/mol. The number of nitrogen functional groups attached to an aromatic ring is 1. The van der Waals surface area contributed by atoms with Gasteiger partial charge in [-0.1, -0.05) is 54.1 Å². The molecule has 0 atom stereocenters. The average Bonchev–Trinajstić information content (AvgIpc) is 3.36. The van der Waals surface area contributed by atoms with E-state index in [1.807, 2.05) is 30.3 Å². The maximum absolute atomic E-state index is 14.2. The molecule has 0 fully saturated rings. The molecule has 10 nitrogen and oxygen atoms in total. The molecule has 6 aromatic rings. The van der Waals surface area contributed by atoms with Crippen LogP contribution in [0.15, 0.2) is 101 Å². The molecular formula is C28H20ClN7O3S. The van der Waals surface area contributed by atoms with Gasteiger partial charge in [0.05, 0.1) is 11.4 Å². The summed E-state index contributed by atoms with van der Waals surface area (Å²) in [5.74, 6) is 0.463. The second-order valence-electron chi connectivity index (χ2n) is 8.98. The number of anilines is 1. The van der Waals surface area contributed by atoms with Gasteiger partial charge in [-0.2, -0.15) is 5.10 Å². The van der Waals surface area contributed by atoms with Crippen LogP contribution < -0.4 is 11.3 Å². The van der Waals surface area contributed by atoms with Crippen molar-refractivity contribution < 1.29 is 8.42 Å². The zero-order valence-corrected chi connectivity index (χ0v) is 22.5. The first kappa shape index (κ1) is 25.4. The number of nitrogens with zero attached hydrogens (tertiary/aromatic N) is 6. The first-order valence-electron chi connectivity index (χ1n) is 12.0. The lowest BCUT2D eigenvalue weighted by Gasteiger charge is -2.14. The van der Waals surface area contributed by atoms with E-state index in [9.17, 15) is 13.2 Å². The van der Waals surface area contributed by atoms with Crippen molar-refractivity contribution in [2.75, 3.05) is 12.0 Å². The molecule has 0 saturated carbocycles. The van der Waals surface area contributed by atoms with E-state index in [-0.39, 0.29) is 27.8 Å². The van der Waals surface area contributed by atoms with E-state index in [1.54, 1.807) is 60.9 Å². The molecule has 0 spiro atoms. The van der Waals surface area contributed by atoms with E-state index in [1.165, 1.54) is 9.25 Å². The molecule has 0 saturated heterocycles. The molecule has 0 aliphatic heterocycles. The van der Waals surface area contributed by atoms with Gasteiger partial charge in [-0.3, -0.25) is 9.36 Å². The Hall–Kier alpha value is -4.87. The minimum Gasteiger partial charge on any atom is -0.368 e. The minimum atomic E-state index is -3.89. The molecule has 0 aliphatic carbocycles. The van der Waals surface area contributed by atoms with Crippen molar-refractivity contribution in [3.05, 3.63) is 107 Å². The molecule has 3 aromatic carbocycles. The smallest absolute Gasteiger partial charge is 0.270 e. The van der Waals surface area contributed by atoms with Gasteiger partial charge in [0.2, 0.25) is 5.95 Å². The molecule has 0 radical (unpaired) electrons. The van der Waals surface area contributed by atoms with E-state index in [0.29, 0.717) is 22.0 Å². The Morgan fingerprint density at radius 2 is 1.43 bits per heavy atom. The Labute approximate surface area is 233 Å². The van der Waals surface area contributed by atoms with Gasteiger partial charge in [0.25, 0.3) is 5.56 Å². The number of fused-ring (bicyclic) bond motifs is 1. The summed E-state index contributed by atoms with van der Waals surface area (Å²) < 4.78 is 28.3. The molecule has 0 amide bonds. The number of para-hydroxylation sites is 1. The Kier molecular flexibility index (Phi) is 6.16. The van der Waals surface area contributed by atoms with Crippen molar-refractivity contribution in [2.45, 2.75) is 5.03 Å². The number of hydrogen-bond donors (Lipinski definition) is 1. The van der Waals surface area contributed by atoms with Crippen LogP contribution in [0.4, 0.5) is 5.95 Å². The fraction of sp³-hybridized carbons (Fsp3) is 0.0357. The highest BCUT2D eigenvalue weighted by Gasteiger charge is 2.27. The van der Waals surface area contributed by atoms with Crippen LogP contribution in [-0.2, 0) is 9.84 Å². The summed E-state index contributed by atoms with van der Waals surface area (Å²) in [5, 5.41) is 4.37. The lowest BCUT2D eigenvalue weighted by Crippen LogP contribution is -2.23. The topological polar surface area (TPSA) is 139 Å². The van der Waals surface area contributed by atoms with Gasteiger partial charge in [-0.15, -0.1) is 0 Å². The molecule has 0 bridgehead atoms. The van der Waals surface area contributed by atoms with Crippen molar-refractivity contribution in [1.29, 1.82) is 0 Å². The summed E-state index contributed by atoms with van der Waals surface area (Å²) in [6.45, 7) is 0. The van der Waals surface area contributed by atoms with Crippen LogP contribution in [-0.4, -0.2) is 44.0 Å². The Morgan fingerprint density at radius 1 is 0.800 bits per heavy atom. The standard InChI is InChI=1S/C28H20ClN7O3S/c1-40(38,39)26-23-25(36(34-26)22-5-3-2-4-6-22)33-24(35(27(23)37)21-13-11-20(29)12-14-21)18-9-7-17(8-10-18)19-15-31-28(30)32-16-19/h2-16H,1H3,(H2,30,31,32). The Balaban J connectivity index is 1.66. The van der Waals surface area contributed by atoms with Crippen LogP contribution in [0.1, 0.15) is 0 Å². The maximum atomic E-state index is 14.2. The minimum absolute atomic E-state index is 0.110. The maximum Gasteiger partial charge on any atom is 0.270 e. The van der Waals surface area contributed by atoms with Crippen LogP contribution in [0, 0.1) is 0 Å². The van der Waals surface area contributed by atoms with Gasteiger partial charge in [-0.25, -0.2) is 28.1 Å². The van der Waals surface area contributed by atoms with Crippen molar-refractivity contribution in [1.82, 2.24) is 29.3 Å². The van der Waals surface area contributed by atoms with Gasteiger partial charge >= 0.3 is 0 Å². The summed E-state index contributed by atoms with van der Waals surface area (Å²) in [4.78, 5) is 27.1. The van der Waals surface area contributed by atoms with E-state index < -0.39 is 15.4 Å². The fourth-order valence-electron chi connectivity index (χ4n) is 4.37. The molecule has 12 heteroatoms. The number of benzene rings is 3. The highest BCUT2D eigenvalue weighted by atomic mass is 35.5. The predicted molar refractivity (Wildman–Crippen MR) is 153 cm³/mol. The second kappa shape index (κ2) is 9.70. The zero-order valence-electron chi connectivity index (χ0n) is 20.9. The molecule has 2 N–H and O–H groups in total. The first-order valence-corrected chi connectivity index (χ1v) is 14.2. The molecule has 198 valence electrons. The summed E-state index contributed by atoms with van der Waals surface area (Å²) in [6.07, 6.45) is 4.26. The van der Waals surface area contributed by atoms with Crippen molar-refractivity contribution >= 4 is 38.4 Å². The van der Waals surface area contributed by atoms with Crippen LogP contribution in [0.3, 0.4) is 0 Å². The zero-order chi connectivity index (χ0) is 28.0. The largest absolute Gasteiger partial charge is 0.368 e. The molecule has 40 heavy (non-hydrogen) atoms. The van der Waals surface area contributed by atoms with Gasteiger partial charge in [0.15, 0.2) is 20.5 Å². The molecule has 0 unspecified atom stereocenters. The van der Waals surface area contributed by atoms with Crippen molar-refractivity contribution in [3.8, 4) is 33.9 Å². The van der Waals surface area contributed by atoms with Gasteiger partial charge < -0.3 is 5.73 Å². The highest BCUT2D eigenvalue weighted by Crippen LogP contribution is 2.29. The van der Waals surface area contributed by atoms with Crippen LogP contribution in [0.25, 0.3) is 44.9 Å².